The van der Waals surface area contributed by atoms with E-state index in [-0.39, 0.29) is 0 Å². The molecule has 140 valence electrons. The standard InChI is InChI=1S/C20H36O4/c1-2-3-4-5-6-7-8-9-10-11-12-13-14-17(21)20(24)18(22)15-16-19(20)23/h15-18,21-22,24H,2-14H2,1H3. The summed E-state index contributed by atoms with van der Waals surface area (Å²) in [6, 6.07) is 0. The van der Waals surface area contributed by atoms with E-state index in [1.54, 1.807) is 0 Å². The van der Waals surface area contributed by atoms with Gasteiger partial charge in [-0.1, -0.05) is 84.0 Å². The summed E-state index contributed by atoms with van der Waals surface area (Å²) >= 11 is 0. The Balaban J connectivity index is 1.96. The van der Waals surface area contributed by atoms with E-state index in [9.17, 15) is 20.1 Å². The molecule has 0 aliphatic heterocycles. The maximum atomic E-state index is 11.6. The number of aliphatic hydroxyl groups excluding tert-OH is 2. The zero-order chi connectivity index (χ0) is 17.8. The molecule has 24 heavy (non-hydrogen) atoms. The molecule has 0 saturated heterocycles. The van der Waals surface area contributed by atoms with E-state index in [4.69, 9.17) is 0 Å². The lowest BCUT2D eigenvalue weighted by Gasteiger charge is -2.30. The summed E-state index contributed by atoms with van der Waals surface area (Å²) in [7, 11) is 0. The molecule has 0 radical (unpaired) electrons. The van der Waals surface area contributed by atoms with Gasteiger partial charge in [0.05, 0.1) is 6.10 Å². The fourth-order valence-corrected chi connectivity index (χ4v) is 3.36. The molecular formula is C20H36O4. The molecule has 0 spiro atoms. The number of carbonyl (C=O) groups is 1. The van der Waals surface area contributed by atoms with Crippen LogP contribution in [0.4, 0.5) is 0 Å². The Morgan fingerprint density at radius 3 is 1.83 bits per heavy atom. The molecule has 3 unspecified atom stereocenters. The lowest BCUT2D eigenvalue weighted by atomic mass is 9.87. The predicted molar refractivity (Wildman–Crippen MR) is 96.8 cm³/mol. The van der Waals surface area contributed by atoms with E-state index < -0.39 is 23.6 Å². The highest BCUT2D eigenvalue weighted by molar-refractivity contribution is 6.00. The molecule has 0 bridgehead atoms. The summed E-state index contributed by atoms with van der Waals surface area (Å²) in [5.41, 5.74) is -2.03. The summed E-state index contributed by atoms with van der Waals surface area (Å²) < 4.78 is 0. The number of hydrogen-bond acceptors (Lipinski definition) is 4. The zero-order valence-electron chi connectivity index (χ0n) is 15.3. The van der Waals surface area contributed by atoms with Crippen molar-refractivity contribution in [2.24, 2.45) is 0 Å². The third kappa shape index (κ3) is 6.66. The fraction of sp³-hybridized carbons (Fsp3) is 0.850. The Hall–Kier alpha value is -0.710. The van der Waals surface area contributed by atoms with E-state index in [2.05, 4.69) is 6.92 Å². The molecule has 1 aliphatic rings. The van der Waals surface area contributed by atoms with Gasteiger partial charge in [-0.2, -0.15) is 0 Å². The van der Waals surface area contributed by atoms with Crippen molar-refractivity contribution in [1.82, 2.24) is 0 Å². The van der Waals surface area contributed by atoms with Crippen molar-refractivity contribution in [3.05, 3.63) is 12.2 Å². The molecule has 1 aliphatic carbocycles. The van der Waals surface area contributed by atoms with Crippen molar-refractivity contribution in [2.75, 3.05) is 0 Å². The van der Waals surface area contributed by atoms with Gasteiger partial charge in [-0.15, -0.1) is 0 Å². The van der Waals surface area contributed by atoms with Crippen LogP contribution in [0.15, 0.2) is 12.2 Å². The lowest BCUT2D eigenvalue weighted by Crippen LogP contribution is -2.54. The maximum Gasteiger partial charge on any atom is 0.192 e. The maximum absolute atomic E-state index is 11.6. The van der Waals surface area contributed by atoms with Gasteiger partial charge >= 0.3 is 0 Å². The number of rotatable bonds is 14. The van der Waals surface area contributed by atoms with E-state index in [0.29, 0.717) is 6.42 Å². The van der Waals surface area contributed by atoms with Crippen LogP contribution in [0.1, 0.15) is 90.4 Å². The van der Waals surface area contributed by atoms with Gasteiger partial charge < -0.3 is 15.3 Å². The minimum absolute atomic E-state index is 0.346. The molecule has 0 fully saturated rings. The van der Waals surface area contributed by atoms with Crippen LogP contribution < -0.4 is 0 Å². The summed E-state index contributed by atoms with van der Waals surface area (Å²) in [5, 5.41) is 29.9. The highest BCUT2D eigenvalue weighted by Gasteiger charge is 2.50. The molecule has 0 amide bonds. The molecule has 0 saturated carbocycles. The highest BCUT2D eigenvalue weighted by Crippen LogP contribution is 2.27. The summed E-state index contributed by atoms with van der Waals surface area (Å²) in [5.74, 6) is -0.596. The Labute approximate surface area is 147 Å². The van der Waals surface area contributed by atoms with E-state index in [0.717, 1.165) is 25.3 Å². The summed E-state index contributed by atoms with van der Waals surface area (Å²) in [6.07, 6.45) is 15.0. The quantitative estimate of drug-likeness (QED) is 0.422. The molecule has 0 aromatic carbocycles. The molecular weight excluding hydrogens is 304 g/mol. The predicted octanol–water partition coefficient (Wildman–Crippen LogP) is 3.67. The number of unbranched alkanes of at least 4 members (excludes halogenated alkanes) is 11. The summed E-state index contributed by atoms with van der Waals surface area (Å²) in [4.78, 5) is 11.6. The average Bonchev–Trinajstić information content (AvgIpc) is 2.84. The van der Waals surface area contributed by atoms with Crippen LogP contribution in [0, 0.1) is 0 Å². The number of aliphatic hydroxyl groups is 3. The van der Waals surface area contributed by atoms with Crippen molar-refractivity contribution in [1.29, 1.82) is 0 Å². The molecule has 0 heterocycles. The molecule has 3 atom stereocenters. The van der Waals surface area contributed by atoms with Crippen LogP contribution in [0.3, 0.4) is 0 Å². The van der Waals surface area contributed by atoms with Gasteiger partial charge in [0.1, 0.15) is 6.10 Å². The second-order valence-electron chi connectivity index (χ2n) is 7.19. The molecule has 1 rings (SSSR count). The van der Waals surface area contributed by atoms with E-state index in [1.165, 1.54) is 63.9 Å². The Kier molecular flexibility index (Phi) is 10.5. The van der Waals surface area contributed by atoms with Crippen molar-refractivity contribution in [3.8, 4) is 0 Å². The monoisotopic (exact) mass is 340 g/mol. The zero-order valence-corrected chi connectivity index (χ0v) is 15.3. The number of ketones is 1. The average molecular weight is 341 g/mol. The van der Waals surface area contributed by atoms with Gasteiger partial charge in [0.15, 0.2) is 11.4 Å². The molecule has 3 N–H and O–H groups in total. The number of hydrogen-bond donors (Lipinski definition) is 3. The molecule has 0 aromatic heterocycles. The van der Waals surface area contributed by atoms with Gasteiger partial charge in [-0.05, 0) is 18.6 Å². The van der Waals surface area contributed by atoms with E-state index >= 15 is 0 Å². The van der Waals surface area contributed by atoms with Crippen molar-refractivity contribution < 1.29 is 20.1 Å². The second kappa shape index (κ2) is 11.8. The first-order valence-electron chi connectivity index (χ1n) is 9.84. The largest absolute Gasteiger partial charge is 0.390 e. The van der Waals surface area contributed by atoms with Gasteiger partial charge in [-0.3, -0.25) is 4.79 Å². The Bertz CT molecular complexity index is 380. The third-order valence-corrected chi connectivity index (χ3v) is 5.11. The van der Waals surface area contributed by atoms with Crippen molar-refractivity contribution in [3.63, 3.8) is 0 Å². The third-order valence-electron chi connectivity index (χ3n) is 5.11. The van der Waals surface area contributed by atoms with Gasteiger partial charge in [0, 0.05) is 0 Å². The van der Waals surface area contributed by atoms with Crippen LogP contribution in [0.2, 0.25) is 0 Å². The highest BCUT2D eigenvalue weighted by atomic mass is 16.4. The van der Waals surface area contributed by atoms with Crippen LogP contribution in [-0.4, -0.2) is 38.9 Å². The minimum atomic E-state index is -2.03. The Morgan fingerprint density at radius 2 is 1.42 bits per heavy atom. The van der Waals surface area contributed by atoms with Crippen LogP contribution in [-0.2, 0) is 4.79 Å². The van der Waals surface area contributed by atoms with Gasteiger partial charge in [0.2, 0.25) is 0 Å². The molecule has 4 nitrogen and oxygen atoms in total. The van der Waals surface area contributed by atoms with E-state index in [1.807, 2.05) is 0 Å². The van der Waals surface area contributed by atoms with Crippen molar-refractivity contribution in [2.45, 2.75) is 108 Å². The van der Waals surface area contributed by atoms with Crippen LogP contribution >= 0.6 is 0 Å². The number of carbonyl (C=O) groups excluding carboxylic acids is 1. The minimum Gasteiger partial charge on any atom is -0.390 e. The molecule has 0 aromatic rings. The first-order chi connectivity index (χ1) is 11.5. The van der Waals surface area contributed by atoms with Gasteiger partial charge in [-0.25, -0.2) is 0 Å². The first kappa shape index (κ1) is 21.3. The lowest BCUT2D eigenvalue weighted by molar-refractivity contribution is -0.158. The normalized spacial score (nSPS) is 24.7. The first-order valence-corrected chi connectivity index (χ1v) is 9.84. The Morgan fingerprint density at radius 1 is 0.958 bits per heavy atom. The fourth-order valence-electron chi connectivity index (χ4n) is 3.36. The topological polar surface area (TPSA) is 77.8 Å². The molecule has 4 heteroatoms. The van der Waals surface area contributed by atoms with Crippen LogP contribution in [0.5, 0.6) is 0 Å². The van der Waals surface area contributed by atoms with Gasteiger partial charge in [0.25, 0.3) is 0 Å². The second-order valence-corrected chi connectivity index (χ2v) is 7.19. The van der Waals surface area contributed by atoms with Crippen LogP contribution in [0.25, 0.3) is 0 Å². The SMILES string of the molecule is CCCCCCCCCCCCCCC(O)C1(O)C(=O)C=CC1O. The summed E-state index contributed by atoms with van der Waals surface area (Å²) in [6.45, 7) is 2.24. The van der Waals surface area contributed by atoms with Crippen molar-refractivity contribution >= 4 is 5.78 Å². The smallest absolute Gasteiger partial charge is 0.192 e.